The highest BCUT2D eigenvalue weighted by Gasteiger charge is 2.22. The molecule has 0 saturated carbocycles. The van der Waals surface area contributed by atoms with Crippen LogP contribution in [0.1, 0.15) is 29.5 Å². The highest BCUT2D eigenvalue weighted by molar-refractivity contribution is 5.87. The first kappa shape index (κ1) is 20.5. The molecule has 3 rings (SSSR count). The Morgan fingerprint density at radius 2 is 1.52 bits per heavy atom. The molecule has 29 heavy (non-hydrogen) atoms. The van der Waals surface area contributed by atoms with E-state index in [1.807, 2.05) is 85.8 Å². The van der Waals surface area contributed by atoms with Gasteiger partial charge in [-0.2, -0.15) is 0 Å². The van der Waals surface area contributed by atoms with E-state index < -0.39 is 0 Å². The van der Waals surface area contributed by atoms with Gasteiger partial charge in [-0.05, 0) is 42.2 Å². The summed E-state index contributed by atoms with van der Waals surface area (Å²) in [5.41, 5.74) is 3.06. The maximum Gasteiger partial charge on any atom is 0.232 e. The molecule has 4 heteroatoms. The van der Waals surface area contributed by atoms with Crippen molar-refractivity contribution in [1.29, 1.82) is 0 Å². The average molecular weight is 389 g/mol. The van der Waals surface area contributed by atoms with E-state index in [-0.39, 0.29) is 11.8 Å². The normalized spacial score (nSPS) is 10.6. The van der Waals surface area contributed by atoms with E-state index in [1.54, 1.807) is 7.11 Å². The fourth-order valence-electron chi connectivity index (χ4n) is 3.36. The van der Waals surface area contributed by atoms with E-state index in [4.69, 9.17) is 9.47 Å². The lowest BCUT2D eigenvalue weighted by Gasteiger charge is -2.18. The molecule has 0 bridgehead atoms. The Bertz CT molecular complexity index is 870. The predicted molar refractivity (Wildman–Crippen MR) is 116 cm³/mol. The summed E-state index contributed by atoms with van der Waals surface area (Å²) in [4.78, 5) is 13.0. The van der Waals surface area contributed by atoms with Crippen LogP contribution in [-0.4, -0.2) is 26.2 Å². The van der Waals surface area contributed by atoms with Gasteiger partial charge in [0.05, 0.1) is 19.6 Å². The van der Waals surface area contributed by atoms with Gasteiger partial charge in [0.15, 0.2) is 11.5 Å². The maximum atomic E-state index is 13.0. The van der Waals surface area contributed by atoms with Gasteiger partial charge in [0.25, 0.3) is 0 Å². The van der Waals surface area contributed by atoms with Crippen molar-refractivity contribution in [2.75, 3.05) is 20.3 Å². The predicted octanol–water partition coefficient (Wildman–Crippen LogP) is 4.58. The summed E-state index contributed by atoms with van der Waals surface area (Å²) in [5.74, 6) is 1.12. The lowest BCUT2D eigenvalue weighted by molar-refractivity contribution is -0.121. The molecule has 0 spiro atoms. The lowest BCUT2D eigenvalue weighted by Crippen LogP contribution is -2.31. The van der Waals surface area contributed by atoms with E-state index in [1.165, 1.54) is 0 Å². The zero-order valence-electron chi connectivity index (χ0n) is 16.9. The van der Waals surface area contributed by atoms with E-state index >= 15 is 0 Å². The number of hydrogen-bond acceptors (Lipinski definition) is 3. The molecule has 0 radical (unpaired) electrons. The van der Waals surface area contributed by atoms with Gasteiger partial charge in [-0.3, -0.25) is 4.79 Å². The summed E-state index contributed by atoms with van der Waals surface area (Å²) in [7, 11) is 1.63. The molecule has 150 valence electrons. The van der Waals surface area contributed by atoms with Crippen molar-refractivity contribution in [1.82, 2.24) is 5.32 Å². The van der Waals surface area contributed by atoms with Crippen LogP contribution in [-0.2, 0) is 11.2 Å². The zero-order valence-corrected chi connectivity index (χ0v) is 16.9. The summed E-state index contributed by atoms with van der Waals surface area (Å²) in [5, 5.41) is 3.10. The van der Waals surface area contributed by atoms with Gasteiger partial charge in [-0.25, -0.2) is 0 Å². The van der Waals surface area contributed by atoms with Crippen LogP contribution in [0.4, 0.5) is 0 Å². The Labute approximate surface area is 172 Å². The maximum absolute atomic E-state index is 13.0. The second kappa shape index (κ2) is 10.3. The molecular weight excluding hydrogens is 362 g/mol. The van der Waals surface area contributed by atoms with Crippen LogP contribution in [0.5, 0.6) is 11.5 Å². The smallest absolute Gasteiger partial charge is 0.232 e. The number of carbonyl (C=O) groups is 1. The number of rotatable bonds is 9. The third-order valence-corrected chi connectivity index (χ3v) is 4.77. The van der Waals surface area contributed by atoms with Gasteiger partial charge in [0.1, 0.15) is 0 Å². The van der Waals surface area contributed by atoms with Crippen LogP contribution in [0.25, 0.3) is 0 Å². The first-order chi connectivity index (χ1) is 14.2. The molecular formula is C25H27NO3. The van der Waals surface area contributed by atoms with Gasteiger partial charge >= 0.3 is 0 Å². The first-order valence-electron chi connectivity index (χ1n) is 9.90. The van der Waals surface area contributed by atoms with Gasteiger partial charge in [-0.1, -0.05) is 66.7 Å². The van der Waals surface area contributed by atoms with Gasteiger partial charge in [0, 0.05) is 6.54 Å². The molecule has 0 unspecified atom stereocenters. The molecule has 0 fully saturated rings. The molecule has 1 amide bonds. The summed E-state index contributed by atoms with van der Waals surface area (Å²) >= 11 is 0. The Kier molecular flexibility index (Phi) is 7.28. The number of nitrogens with one attached hydrogen (secondary N) is 1. The van der Waals surface area contributed by atoms with Gasteiger partial charge in [0.2, 0.25) is 5.91 Å². The molecule has 3 aromatic rings. The SMILES string of the molecule is CCOc1cc(CCNC(=O)C(c2ccccc2)c2ccccc2)ccc1OC. The zero-order chi connectivity index (χ0) is 20.5. The average Bonchev–Trinajstić information content (AvgIpc) is 2.76. The molecule has 3 aromatic carbocycles. The Morgan fingerprint density at radius 3 is 2.07 bits per heavy atom. The van der Waals surface area contributed by atoms with E-state index in [9.17, 15) is 4.79 Å². The molecule has 0 aliphatic rings. The molecule has 0 aliphatic carbocycles. The van der Waals surface area contributed by atoms with Crippen LogP contribution >= 0.6 is 0 Å². The molecule has 1 N–H and O–H groups in total. The van der Waals surface area contributed by atoms with Crippen molar-refractivity contribution >= 4 is 5.91 Å². The van der Waals surface area contributed by atoms with Gasteiger partial charge < -0.3 is 14.8 Å². The Hall–Kier alpha value is -3.27. The fraction of sp³-hybridized carbons (Fsp3) is 0.240. The number of ether oxygens (including phenoxy) is 2. The Balaban J connectivity index is 1.69. The number of methoxy groups -OCH3 is 1. The van der Waals surface area contributed by atoms with Crippen molar-refractivity contribution in [3.8, 4) is 11.5 Å². The topological polar surface area (TPSA) is 47.6 Å². The van der Waals surface area contributed by atoms with Crippen LogP contribution in [0.3, 0.4) is 0 Å². The lowest BCUT2D eigenvalue weighted by atomic mass is 9.90. The molecule has 0 aromatic heterocycles. The largest absolute Gasteiger partial charge is 0.493 e. The van der Waals surface area contributed by atoms with E-state index in [0.717, 1.165) is 22.4 Å². The van der Waals surface area contributed by atoms with Crippen molar-refractivity contribution in [3.05, 3.63) is 95.6 Å². The van der Waals surface area contributed by atoms with Crippen molar-refractivity contribution < 1.29 is 14.3 Å². The Morgan fingerprint density at radius 1 is 0.897 bits per heavy atom. The second-order valence-corrected chi connectivity index (χ2v) is 6.71. The second-order valence-electron chi connectivity index (χ2n) is 6.71. The molecule has 4 nitrogen and oxygen atoms in total. The van der Waals surface area contributed by atoms with E-state index in [0.29, 0.717) is 25.3 Å². The van der Waals surface area contributed by atoms with E-state index in [2.05, 4.69) is 5.32 Å². The summed E-state index contributed by atoms with van der Waals surface area (Å²) in [6.07, 6.45) is 0.714. The van der Waals surface area contributed by atoms with Crippen LogP contribution in [0.2, 0.25) is 0 Å². The minimum atomic E-state index is -0.327. The summed E-state index contributed by atoms with van der Waals surface area (Å²) in [6.45, 7) is 3.07. The van der Waals surface area contributed by atoms with Crippen molar-refractivity contribution in [3.63, 3.8) is 0 Å². The minimum Gasteiger partial charge on any atom is -0.493 e. The van der Waals surface area contributed by atoms with Crippen LogP contribution in [0.15, 0.2) is 78.9 Å². The first-order valence-corrected chi connectivity index (χ1v) is 9.90. The molecule has 0 atom stereocenters. The number of amides is 1. The number of carbonyl (C=O) groups excluding carboxylic acids is 1. The number of benzene rings is 3. The molecule has 0 heterocycles. The van der Waals surface area contributed by atoms with Crippen molar-refractivity contribution in [2.24, 2.45) is 0 Å². The highest BCUT2D eigenvalue weighted by atomic mass is 16.5. The highest BCUT2D eigenvalue weighted by Crippen LogP contribution is 2.28. The van der Waals surface area contributed by atoms with Crippen LogP contribution in [0, 0.1) is 0 Å². The summed E-state index contributed by atoms with van der Waals surface area (Å²) in [6, 6.07) is 25.6. The third kappa shape index (κ3) is 5.38. The molecule has 0 saturated heterocycles. The third-order valence-electron chi connectivity index (χ3n) is 4.77. The minimum absolute atomic E-state index is 0.000873. The number of hydrogen-bond donors (Lipinski definition) is 1. The van der Waals surface area contributed by atoms with Crippen molar-refractivity contribution in [2.45, 2.75) is 19.3 Å². The fourth-order valence-corrected chi connectivity index (χ4v) is 3.36. The monoisotopic (exact) mass is 389 g/mol. The van der Waals surface area contributed by atoms with Gasteiger partial charge in [-0.15, -0.1) is 0 Å². The standard InChI is InChI=1S/C25H27NO3/c1-3-29-23-18-19(14-15-22(23)28-2)16-17-26-25(27)24(20-10-6-4-7-11-20)21-12-8-5-9-13-21/h4-15,18,24H,3,16-17H2,1-2H3,(H,26,27). The summed E-state index contributed by atoms with van der Waals surface area (Å²) < 4.78 is 11.0. The quantitative estimate of drug-likeness (QED) is 0.582. The molecule has 0 aliphatic heterocycles. The van der Waals surface area contributed by atoms with Crippen LogP contribution < -0.4 is 14.8 Å².